The fourth-order valence-electron chi connectivity index (χ4n) is 3.20. The molecule has 1 heterocycles. The van der Waals surface area contributed by atoms with Gasteiger partial charge in [-0.3, -0.25) is 4.79 Å². The van der Waals surface area contributed by atoms with Crippen molar-refractivity contribution in [3.63, 3.8) is 0 Å². The minimum atomic E-state index is -0.237. The predicted octanol–water partition coefficient (Wildman–Crippen LogP) is 7.12. The van der Waals surface area contributed by atoms with Gasteiger partial charge in [-0.25, -0.2) is 4.98 Å². The molecule has 152 valence electrons. The van der Waals surface area contributed by atoms with Crippen LogP contribution in [0.15, 0.2) is 63.5 Å². The Morgan fingerprint density at radius 1 is 1.07 bits per heavy atom. The van der Waals surface area contributed by atoms with Crippen LogP contribution in [0.4, 0.5) is 5.69 Å². The third kappa shape index (κ3) is 4.74. The average molecular weight is 546 g/mol. The number of anilines is 1. The van der Waals surface area contributed by atoms with Crippen LogP contribution in [-0.4, -0.2) is 17.5 Å². The molecule has 1 amide bonds. The Hall–Kier alpha value is -2.22. The smallest absolute Gasteiger partial charge is 0.262 e. The summed E-state index contributed by atoms with van der Waals surface area (Å²) in [5.41, 5.74) is 4.64. The molecule has 0 radical (unpaired) electrons. The Morgan fingerprint density at radius 3 is 2.53 bits per heavy atom. The van der Waals surface area contributed by atoms with Crippen molar-refractivity contribution >= 4 is 65.0 Å². The van der Waals surface area contributed by atoms with Gasteiger partial charge < -0.3 is 10.1 Å². The summed E-state index contributed by atoms with van der Waals surface area (Å²) in [6, 6.07) is 17.8. The first kappa shape index (κ1) is 21.0. The number of nitrogens with zero attached hydrogens (tertiary/aromatic N) is 1. The molecule has 0 spiro atoms. The van der Waals surface area contributed by atoms with Crippen LogP contribution in [0.25, 0.3) is 20.8 Å². The first-order chi connectivity index (χ1) is 14.4. The lowest BCUT2D eigenvalue weighted by Gasteiger charge is -2.13. The number of ether oxygens (including phenoxy) is 1. The van der Waals surface area contributed by atoms with Gasteiger partial charge in [0.1, 0.15) is 10.8 Å². The van der Waals surface area contributed by atoms with Gasteiger partial charge in [0, 0.05) is 14.5 Å². The van der Waals surface area contributed by atoms with E-state index in [1.807, 2.05) is 62.4 Å². The fraction of sp³-hybridized carbons (Fsp3) is 0.130. The van der Waals surface area contributed by atoms with Crippen molar-refractivity contribution < 1.29 is 9.53 Å². The monoisotopic (exact) mass is 544 g/mol. The Kier molecular flexibility index (Phi) is 6.22. The summed E-state index contributed by atoms with van der Waals surface area (Å²) in [6.07, 6.45) is 0. The minimum Gasteiger partial charge on any atom is -0.484 e. The predicted molar refractivity (Wildman–Crippen MR) is 130 cm³/mol. The number of benzene rings is 3. The van der Waals surface area contributed by atoms with E-state index < -0.39 is 0 Å². The van der Waals surface area contributed by atoms with Crippen molar-refractivity contribution in [3.8, 4) is 16.3 Å². The topological polar surface area (TPSA) is 51.2 Å². The van der Waals surface area contributed by atoms with Crippen LogP contribution in [0.2, 0.25) is 0 Å². The van der Waals surface area contributed by atoms with Crippen LogP contribution in [-0.2, 0) is 4.79 Å². The summed E-state index contributed by atoms with van der Waals surface area (Å²) in [7, 11) is 0. The lowest BCUT2D eigenvalue weighted by molar-refractivity contribution is -0.118. The number of aromatic nitrogens is 1. The lowest BCUT2D eigenvalue weighted by atomic mass is 10.1. The van der Waals surface area contributed by atoms with E-state index in [2.05, 4.69) is 43.2 Å². The molecule has 1 aromatic heterocycles. The van der Waals surface area contributed by atoms with Gasteiger partial charge >= 0.3 is 0 Å². The highest BCUT2D eigenvalue weighted by atomic mass is 79.9. The molecule has 0 atom stereocenters. The molecule has 1 N–H and O–H groups in total. The van der Waals surface area contributed by atoms with Crippen LogP contribution in [0.3, 0.4) is 0 Å². The molecule has 4 aromatic rings. The van der Waals surface area contributed by atoms with Gasteiger partial charge in [-0.15, -0.1) is 11.3 Å². The Balaban J connectivity index is 1.59. The van der Waals surface area contributed by atoms with E-state index in [1.54, 1.807) is 11.3 Å². The van der Waals surface area contributed by atoms with Crippen LogP contribution < -0.4 is 10.1 Å². The molecule has 0 saturated carbocycles. The average Bonchev–Trinajstić information content (AvgIpc) is 3.11. The first-order valence-corrected chi connectivity index (χ1v) is 11.7. The highest BCUT2D eigenvalue weighted by molar-refractivity contribution is 9.11. The van der Waals surface area contributed by atoms with Crippen LogP contribution >= 0.6 is 43.2 Å². The number of amides is 1. The zero-order valence-corrected chi connectivity index (χ0v) is 20.3. The number of carbonyl (C=O) groups is 1. The number of carbonyl (C=O) groups excluding carboxylic acids is 1. The summed E-state index contributed by atoms with van der Waals surface area (Å²) in [5.74, 6) is 0.448. The van der Waals surface area contributed by atoms with Gasteiger partial charge in [0.05, 0.1) is 15.9 Å². The second kappa shape index (κ2) is 8.88. The van der Waals surface area contributed by atoms with Crippen molar-refractivity contribution in [3.05, 3.63) is 74.7 Å². The van der Waals surface area contributed by atoms with Gasteiger partial charge in [-0.05, 0) is 77.3 Å². The Morgan fingerprint density at radius 2 is 1.80 bits per heavy atom. The quantitative estimate of drug-likeness (QED) is 0.290. The second-order valence-electron chi connectivity index (χ2n) is 6.96. The molecule has 0 saturated heterocycles. The second-order valence-corrected chi connectivity index (χ2v) is 9.76. The molecule has 0 aliphatic carbocycles. The van der Waals surface area contributed by atoms with Crippen LogP contribution in [0.1, 0.15) is 11.1 Å². The molecule has 0 aliphatic heterocycles. The van der Waals surface area contributed by atoms with E-state index in [0.29, 0.717) is 11.4 Å². The maximum Gasteiger partial charge on any atom is 0.262 e. The summed E-state index contributed by atoms with van der Waals surface area (Å²) < 4.78 is 8.47. The molecule has 0 aliphatic rings. The van der Waals surface area contributed by atoms with Gasteiger partial charge in [0.2, 0.25) is 0 Å². The van der Waals surface area contributed by atoms with E-state index >= 15 is 0 Å². The highest BCUT2D eigenvalue weighted by Crippen LogP contribution is 2.40. The van der Waals surface area contributed by atoms with E-state index in [1.165, 1.54) is 0 Å². The van der Waals surface area contributed by atoms with Gasteiger partial charge in [-0.2, -0.15) is 0 Å². The summed E-state index contributed by atoms with van der Waals surface area (Å²) in [6.45, 7) is 3.93. The van der Waals surface area contributed by atoms with Crippen LogP contribution in [0, 0.1) is 13.8 Å². The molecule has 30 heavy (non-hydrogen) atoms. The number of nitrogens with one attached hydrogen (secondary N) is 1. The highest BCUT2D eigenvalue weighted by Gasteiger charge is 2.17. The fourth-order valence-corrected chi connectivity index (χ4v) is 5.51. The molecular weight excluding hydrogens is 528 g/mol. The maximum absolute atomic E-state index is 12.7. The molecule has 0 unspecified atom stereocenters. The third-order valence-electron chi connectivity index (χ3n) is 4.41. The summed E-state index contributed by atoms with van der Waals surface area (Å²) in [4.78, 5) is 17.4. The number of para-hydroxylation sites is 1. The summed E-state index contributed by atoms with van der Waals surface area (Å²) >= 11 is 8.70. The molecule has 0 fully saturated rings. The minimum absolute atomic E-state index is 0.0787. The van der Waals surface area contributed by atoms with Crippen molar-refractivity contribution in [2.24, 2.45) is 0 Å². The largest absolute Gasteiger partial charge is 0.484 e. The number of halogens is 2. The number of hydrogen-bond donors (Lipinski definition) is 1. The van der Waals surface area contributed by atoms with Crippen molar-refractivity contribution in [2.45, 2.75) is 13.8 Å². The van der Waals surface area contributed by atoms with E-state index in [0.717, 1.165) is 40.9 Å². The van der Waals surface area contributed by atoms with E-state index in [9.17, 15) is 4.79 Å². The molecule has 7 heteroatoms. The van der Waals surface area contributed by atoms with Crippen LogP contribution in [0.5, 0.6) is 5.75 Å². The summed E-state index contributed by atoms with van der Waals surface area (Å²) in [5, 5.41) is 3.82. The van der Waals surface area contributed by atoms with Gasteiger partial charge in [0.25, 0.3) is 5.91 Å². The van der Waals surface area contributed by atoms with Gasteiger partial charge in [-0.1, -0.05) is 34.1 Å². The third-order valence-corrected chi connectivity index (χ3v) is 6.56. The zero-order chi connectivity index (χ0) is 21.3. The number of hydrogen-bond acceptors (Lipinski definition) is 4. The first-order valence-electron chi connectivity index (χ1n) is 9.25. The zero-order valence-electron chi connectivity index (χ0n) is 16.3. The number of fused-ring (bicyclic) bond motifs is 1. The molecule has 4 rings (SSSR count). The SMILES string of the molecule is Cc1cc(C)cc(OCC(=O)Nc2c(Br)cc(Br)cc2-c2nc3ccccc3s2)c1. The van der Waals surface area contributed by atoms with E-state index in [4.69, 9.17) is 9.72 Å². The maximum atomic E-state index is 12.7. The normalized spacial score (nSPS) is 10.9. The van der Waals surface area contributed by atoms with Crippen molar-refractivity contribution in [1.82, 2.24) is 4.98 Å². The number of aryl methyl sites for hydroxylation is 2. The number of rotatable bonds is 5. The molecular formula is C23H18Br2N2O2S. The Bertz CT molecular complexity index is 1200. The standard InChI is InChI=1S/C23H18Br2N2O2S/c1-13-7-14(2)9-16(8-13)29-12-21(28)27-22-17(10-15(24)11-18(22)25)23-26-19-5-3-4-6-20(19)30-23/h3-11H,12H2,1-2H3,(H,27,28). The van der Waals surface area contributed by atoms with Crippen molar-refractivity contribution in [1.29, 1.82) is 0 Å². The lowest BCUT2D eigenvalue weighted by Crippen LogP contribution is -2.21. The number of thiazole rings is 1. The molecule has 4 nitrogen and oxygen atoms in total. The molecule has 0 bridgehead atoms. The molecule has 3 aromatic carbocycles. The Labute approximate surface area is 195 Å². The van der Waals surface area contributed by atoms with E-state index in [-0.39, 0.29) is 12.5 Å². The van der Waals surface area contributed by atoms with Crippen molar-refractivity contribution in [2.75, 3.05) is 11.9 Å². The van der Waals surface area contributed by atoms with Gasteiger partial charge in [0.15, 0.2) is 6.61 Å².